The maximum atomic E-state index is 11.9. The fraction of sp³-hybridized carbons (Fsp3) is 0.474. The third-order valence-electron chi connectivity index (χ3n) is 3.24. The van der Waals surface area contributed by atoms with E-state index in [1.807, 2.05) is 44.2 Å². The molecule has 0 heterocycles. The highest BCUT2D eigenvalue weighted by Gasteiger charge is 2.09. The van der Waals surface area contributed by atoms with Crippen LogP contribution < -0.4 is 10.1 Å². The Morgan fingerprint density at radius 1 is 1.26 bits per heavy atom. The number of nitriles is 1. The molecule has 0 unspecified atom stereocenters. The Hall–Kier alpha value is -2.28. The molecule has 0 fully saturated rings. The van der Waals surface area contributed by atoms with Gasteiger partial charge in [-0.15, -0.1) is 0 Å². The molecule has 0 radical (unpaired) electrons. The van der Waals surface area contributed by atoms with Gasteiger partial charge in [-0.25, -0.2) is 0 Å². The van der Waals surface area contributed by atoms with Gasteiger partial charge in [0, 0.05) is 6.04 Å². The molecule has 1 amide bonds. The average Bonchev–Trinajstić information content (AvgIpc) is 2.53. The van der Waals surface area contributed by atoms with Crippen LogP contribution in [0.25, 0.3) is 6.08 Å². The molecule has 0 atom stereocenters. The van der Waals surface area contributed by atoms with Crippen molar-refractivity contribution in [3.63, 3.8) is 0 Å². The predicted molar refractivity (Wildman–Crippen MR) is 92.9 cm³/mol. The van der Waals surface area contributed by atoms with Crippen LogP contribution in [0.4, 0.5) is 0 Å². The molecule has 0 aliphatic heterocycles. The Morgan fingerprint density at radius 2 is 1.96 bits per heavy atom. The first-order valence-electron chi connectivity index (χ1n) is 8.22. The van der Waals surface area contributed by atoms with Crippen LogP contribution in [0, 0.1) is 11.3 Å². The molecule has 1 aromatic carbocycles. The topological polar surface area (TPSA) is 62.1 Å². The lowest BCUT2D eigenvalue weighted by Crippen LogP contribution is -2.30. The number of nitrogens with zero attached hydrogens (tertiary/aromatic N) is 1. The van der Waals surface area contributed by atoms with Crippen LogP contribution in [-0.2, 0) is 4.79 Å². The maximum absolute atomic E-state index is 11.9. The molecule has 4 nitrogen and oxygen atoms in total. The summed E-state index contributed by atoms with van der Waals surface area (Å²) >= 11 is 0. The summed E-state index contributed by atoms with van der Waals surface area (Å²) in [5, 5.41) is 11.8. The van der Waals surface area contributed by atoms with Gasteiger partial charge in [-0.3, -0.25) is 4.79 Å². The van der Waals surface area contributed by atoms with Crippen LogP contribution in [0.3, 0.4) is 0 Å². The van der Waals surface area contributed by atoms with Crippen LogP contribution in [0.2, 0.25) is 0 Å². The minimum absolute atomic E-state index is 0.00253. The molecule has 0 aromatic heterocycles. The number of nitrogens with one attached hydrogen (secondary N) is 1. The lowest BCUT2D eigenvalue weighted by atomic mass is 10.1. The fourth-order valence-corrected chi connectivity index (χ4v) is 2.03. The zero-order valence-electron chi connectivity index (χ0n) is 14.3. The second-order valence-corrected chi connectivity index (χ2v) is 5.78. The maximum Gasteiger partial charge on any atom is 0.262 e. The minimum atomic E-state index is -0.348. The van der Waals surface area contributed by atoms with Crippen molar-refractivity contribution >= 4 is 12.0 Å². The zero-order valence-corrected chi connectivity index (χ0v) is 14.3. The van der Waals surface area contributed by atoms with Crippen LogP contribution in [0.1, 0.15) is 52.0 Å². The van der Waals surface area contributed by atoms with Crippen molar-refractivity contribution in [3.05, 3.63) is 35.4 Å². The smallest absolute Gasteiger partial charge is 0.262 e. The second kappa shape index (κ2) is 10.4. The number of ether oxygens (including phenoxy) is 1. The van der Waals surface area contributed by atoms with E-state index >= 15 is 0 Å². The summed E-state index contributed by atoms with van der Waals surface area (Å²) in [4.78, 5) is 11.9. The highest BCUT2D eigenvalue weighted by Crippen LogP contribution is 2.15. The summed E-state index contributed by atoms with van der Waals surface area (Å²) < 4.78 is 5.67. The number of carbonyl (C=O) groups is 1. The second-order valence-electron chi connectivity index (χ2n) is 5.78. The molecule has 1 rings (SSSR count). The van der Waals surface area contributed by atoms with Crippen molar-refractivity contribution in [1.82, 2.24) is 5.32 Å². The van der Waals surface area contributed by atoms with E-state index in [1.54, 1.807) is 6.08 Å². The minimum Gasteiger partial charge on any atom is -0.494 e. The molecular formula is C19H26N2O2. The third kappa shape index (κ3) is 7.51. The largest absolute Gasteiger partial charge is 0.494 e. The lowest BCUT2D eigenvalue weighted by Gasteiger charge is -2.08. The van der Waals surface area contributed by atoms with Crippen LogP contribution in [0.15, 0.2) is 29.8 Å². The van der Waals surface area contributed by atoms with Crippen molar-refractivity contribution in [3.8, 4) is 11.8 Å². The number of rotatable bonds is 9. The summed E-state index contributed by atoms with van der Waals surface area (Å²) in [7, 11) is 0. The van der Waals surface area contributed by atoms with Gasteiger partial charge in [0.15, 0.2) is 0 Å². The third-order valence-corrected chi connectivity index (χ3v) is 3.24. The number of benzene rings is 1. The molecule has 124 valence electrons. The molecule has 1 N–H and O–H groups in total. The first-order valence-corrected chi connectivity index (χ1v) is 8.22. The Kier molecular flexibility index (Phi) is 8.52. The SMILES string of the molecule is CCCCCCOc1ccc(/C=C(/C#N)C(=O)NC(C)C)cc1. The summed E-state index contributed by atoms with van der Waals surface area (Å²) in [6.07, 6.45) is 6.29. The average molecular weight is 314 g/mol. The number of amides is 1. The highest BCUT2D eigenvalue weighted by molar-refractivity contribution is 6.01. The normalized spacial score (nSPS) is 11.2. The standard InChI is InChI=1S/C19H26N2O2/c1-4-5-6-7-12-23-18-10-8-16(9-11-18)13-17(14-20)19(22)21-15(2)3/h8-11,13,15H,4-7,12H2,1-3H3,(H,21,22)/b17-13-. The van der Waals surface area contributed by atoms with Gasteiger partial charge in [0.05, 0.1) is 6.61 Å². The molecule has 23 heavy (non-hydrogen) atoms. The number of hydrogen-bond acceptors (Lipinski definition) is 3. The van der Waals surface area contributed by atoms with Gasteiger partial charge in [-0.2, -0.15) is 5.26 Å². The Balaban J connectivity index is 2.59. The molecule has 0 aliphatic carbocycles. The van der Waals surface area contributed by atoms with Crippen molar-refractivity contribution < 1.29 is 9.53 Å². The van der Waals surface area contributed by atoms with Gasteiger partial charge >= 0.3 is 0 Å². The summed E-state index contributed by atoms with van der Waals surface area (Å²) in [5.41, 5.74) is 0.908. The first-order chi connectivity index (χ1) is 11.1. The Bertz CT molecular complexity index is 554. The van der Waals surface area contributed by atoms with Crippen molar-refractivity contribution in [2.75, 3.05) is 6.61 Å². The van der Waals surface area contributed by atoms with E-state index < -0.39 is 0 Å². The van der Waals surface area contributed by atoms with Crippen molar-refractivity contribution in [1.29, 1.82) is 5.26 Å². The van der Waals surface area contributed by atoms with E-state index in [2.05, 4.69) is 12.2 Å². The highest BCUT2D eigenvalue weighted by atomic mass is 16.5. The van der Waals surface area contributed by atoms with Gasteiger partial charge in [0.25, 0.3) is 5.91 Å². The van der Waals surface area contributed by atoms with E-state index in [4.69, 9.17) is 10.00 Å². The summed E-state index contributed by atoms with van der Waals surface area (Å²) in [5.74, 6) is 0.461. The van der Waals surface area contributed by atoms with Crippen molar-refractivity contribution in [2.24, 2.45) is 0 Å². The number of hydrogen-bond donors (Lipinski definition) is 1. The monoisotopic (exact) mass is 314 g/mol. The van der Waals surface area contributed by atoms with Gasteiger partial charge in [0.1, 0.15) is 17.4 Å². The first kappa shape index (κ1) is 18.8. The van der Waals surface area contributed by atoms with Crippen LogP contribution in [-0.4, -0.2) is 18.6 Å². The molecule has 0 bridgehead atoms. The Labute approximate surface area is 139 Å². The predicted octanol–water partition coefficient (Wildman–Crippen LogP) is 4.08. The molecule has 1 aromatic rings. The Morgan fingerprint density at radius 3 is 2.52 bits per heavy atom. The quantitative estimate of drug-likeness (QED) is 0.424. The molecule has 0 spiro atoms. The molecule has 0 aliphatic rings. The molecule has 0 saturated carbocycles. The van der Waals surface area contributed by atoms with Crippen LogP contribution in [0.5, 0.6) is 5.75 Å². The molecular weight excluding hydrogens is 288 g/mol. The molecule has 0 saturated heterocycles. The zero-order chi connectivity index (χ0) is 17.1. The number of carbonyl (C=O) groups excluding carboxylic acids is 1. The summed E-state index contributed by atoms with van der Waals surface area (Å²) in [6.45, 7) is 6.62. The van der Waals surface area contributed by atoms with Gasteiger partial charge in [0.2, 0.25) is 0 Å². The fourth-order valence-electron chi connectivity index (χ4n) is 2.03. The van der Waals surface area contributed by atoms with Gasteiger partial charge < -0.3 is 10.1 Å². The van der Waals surface area contributed by atoms with E-state index in [9.17, 15) is 4.79 Å². The summed E-state index contributed by atoms with van der Waals surface area (Å²) in [6, 6.07) is 9.37. The van der Waals surface area contributed by atoms with Crippen LogP contribution >= 0.6 is 0 Å². The molecule has 4 heteroatoms. The van der Waals surface area contributed by atoms with Gasteiger partial charge in [-0.1, -0.05) is 38.3 Å². The van der Waals surface area contributed by atoms with E-state index in [0.717, 1.165) is 24.3 Å². The lowest BCUT2D eigenvalue weighted by molar-refractivity contribution is -0.117. The van der Waals surface area contributed by atoms with Crippen molar-refractivity contribution in [2.45, 2.75) is 52.5 Å². The van der Waals surface area contributed by atoms with E-state index in [1.165, 1.54) is 19.3 Å². The number of unbranched alkanes of at least 4 members (excludes halogenated alkanes) is 3. The van der Waals surface area contributed by atoms with E-state index in [-0.39, 0.29) is 17.5 Å². The van der Waals surface area contributed by atoms with E-state index in [0.29, 0.717) is 0 Å². The van der Waals surface area contributed by atoms with Gasteiger partial charge in [-0.05, 0) is 44.0 Å².